The number of nitrogens with zero attached hydrogens (tertiary/aromatic N) is 2. The van der Waals surface area contributed by atoms with Crippen molar-refractivity contribution in [2.45, 2.75) is 37.4 Å². The Morgan fingerprint density at radius 2 is 2.14 bits per heavy atom. The fourth-order valence-electron chi connectivity index (χ4n) is 2.10. The Kier molecular flexibility index (Phi) is 6.13. The highest BCUT2D eigenvalue weighted by Gasteiger charge is 2.45. The molecule has 10 heteroatoms. The summed E-state index contributed by atoms with van der Waals surface area (Å²) in [6.45, 7) is 0.404. The molecule has 1 rings (SSSR count). The SMILES string of the molecule is NCCCCC(NC1([N+](=O)[O-])C=CC([N+](=O)[O-])=CC1)C(=O)O. The molecule has 0 aromatic rings. The number of carbonyl (C=O) groups is 1. The molecule has 4 N–H and O–H groups in total. The van der Waals surface area contributed by atoms with E-state index in [1.807, 2.05) is 0 Å². The number of nitrogens with one attached hydrogen (secondary N) is 1. The van der Waals surface area contributed by atoms with E-state index < -0.39 is 27.5 Å². The lowest BCUT2D eigenvalue weighted by atomic mass is 9.97. The van der Waals surface area contributed by atoms with Crippen LogP contribution in [0.3, 0.4) is 0 Å². The molecule has 0 aromatic heterocycles. The molecule has 0 aliphatic heterocycles. The number of nitrogens with two attached hydrogens (primary N) is 1. The number of hydrogen-bond donors (Lipinski definition) is 3. The third-order valence-electron chi connectivity index (χ3n) is 3.36. The monoisotopic (exact) mass is 314 g/mol. The zero-order valence-corrected chi connectivity index (χ0v) is 11.8. The molecule has 10 nitrogen and oxygen atoms in total. The summed E-state index contributed by atoms with van der Waals surface area (Å²) in [7, 11) is 0. The van der Waals surface area contributed by atoms with E-state index in [-0.39, 0.29) is 18.5 Å². The molecular weight excluding hydrogens is 296 g/mol. The molecule has 1 aliphatic rings. The third-order valence-corrected chi connectivity index (χ3v) is 3.36. The smallest absolute Gasteiger partial charge is 0.320 e. The molecular formula is C12H18N4O6. The zero-order valence-electron chi connectivity index (χ0n) is 11.8. The van der Waals surface area contributed by atoms with Crippen molar-refractivity contribution < 1.29 is 19.7 Å². The Bertz CT molecular complexity index is 518. The number of allylic oxidation sites excluding steroid dienone is 1. The molecule has 0 bridgehead atoms. The van der Waals surface area contributed by atoms with Crippen molar-refractivity contribution in [1.29, 1.82) is 0 Å². The number of unbranched alkanes of at least 4 members (excludes halogenated alkanes) is 1. The van der Waals surface area contributed by atoms with Crippen LogP contribution in [0.4, 0.5) is 0 Å². The summed E-state index contributed by atoms with van der Waals surface area (Å²) >= 11 is 0. The summed E-state index contributed by atoms with van der Waals surface area (Å²) in [5.41, 5.74) is 3.22. The number of carboxylic acids is 1. The molecule has 0 spiro atoms. The van der Waals surface area contributed by atoms with Gasteiger partial charge < -0.3 is 10.8 Å². The lowest BCUT2D eigenvalue weighted by molar-refractivity contribution is -0.563. The van der Waals surface area contributed by atoms with E-state index in [0.29, 0.717) is 19.4 Å². The summed E-state index contributed by atoms with van der Waals surface area (Å²) in [6, 6.07) is -1.13. The van der Waals surface area contributed by atoms with Crippen LogP contribution in [0.5, 0.6) is 0 Å². The van der Waals surface area contributed by atoms with Gasteiger partial charge in [-0.05, 0) is 19.4 Å². The molecule has 2 unspecified atom stereocenters. The van der Waals surface area contributed by atoms with Gasteiger partial charge in [0.05, 0.1) is 11.3 Å². The first-order valence-electron chi connectivity index (χ1n) is 6.71. The second kappa shape index (κ2) is 7.61. The zero-order chi connectivity index (χ0) is 16.8. The van der Waals surface area contributed by atoms with Gasteiger partial charge in [-0.15, -0.1) is 0 Å². The van der Waals surface area contributed by atoms with Crippen molar-refractivity contribution in [3.63, 3.8) is 0 Å². The fourth-order valence-corrected chi connectivity index (χ4v) is 2.10. The predicted octanol–water partition coefficient (Wildman–Crippen LogP) is 0.252. The highest BCUT2D eigenvalue weighted by atomic mass is 16.6. The first-order valence-corrected chi connectivity index (χ1v) is 6.71. The van der Waals surface area contributed by atoms with Crippen LogP contribution in [-0.2, 0) is 4.79 Å². The first-order chi connectivity index (χ1) is 10.3. The average Bonchev–Trinajstić information content (AvgIpc) is 2.46. The van der Waals surface area contributed by atoms with Crippen LogP contribution in [0.1, 0.15) is 25.7 Å². The van der Waals surface area contributed by atoms with Crippen LogP contribution in [0.2, 0.25) is 0 Å². The van der Waals surface area contributed by atoms with Crippen molar-refractivity contribution in [2.24, 2.45) is 5.73 Å². The summed E-state index contributed by atoms with van der Waals surface area (Å²) in [4.78, 5) is 31.9. The molecule has 122 valence electrons. The van der Waals surface area contributed by atoms with E-state index in [2.05, 4.69) is 5.32 Å². The Morgan fingerprint density at radius 3 is 2.55 bits per heavy atom. The minimum Gasteiger partial charge on any atom is -0.480 e. The summed E-state index contributed by atoms with van der Waals surface area (Å²) in [5, 5.41) is 33.6. The first kappa shape index (κ1) is 17.7. The number of hydrogen-bond acceptors (Lipinski definition) is 7. The molecule has 0 fully saturated rings. The third kappa shape index (κ3) is 4.33. The van der Waals surface area contributed by atoms with Gasteiger partial charge in [-0.25, -0.2) is 5.32 Å². The van der Waals surface area contributed by atoms with E-state index in [0.717, 1.165) is 18.2 Å². The van der Waals surface area contributed by atoms with Gasteiger partial charge >= 0.3 is 5.97 Å². The molecule has 1 aliphatic carbocycles. The number of carboxylic acid groups (broad SMARTS) is 1. The van der Waals surface area contributed by atoms with Gasteiger partial charge in [0, 0.05) is 23.2 Å². The number of nitro groups is 2. The second-order valence-corrected chi connectivity index (χ2v) is 4.92. The van der Waals surface area contributed by atoms with Crippen LogP contribution in [-0.4, -0.2) is 39.2 Å². The molecule has 0 amide bonds. The normalized spacial score (nSPS) is 22.0. The van der Waals surface area contributed by atoms with Crippen LogP contribution in [0.25, 0.3) is 0 Å². The highest BCUT2D eigenvalue weighted by Crippen LogP contribution is 2.23. The maximum absolute atomic E-state index is 11.3. The molecule has 0 radical (unpaired) electrons. The van der Waals surface area contributed by atoms with Gasteiger partial charge in [0.2, 0.25) is 0 Å². The second-order valence-electron chi connectivity index (χ2n) is 4.92. The average molecular weight is 314 g/mol. The Balaban J connectivity index is 2.88. The van der Waals surface area contributed by atoms with E-state index in [4.69, 9.17) is 5.73 Å². The van der Waals surface area contributed by atoms with Crippen molar-refractivity contribution >= 4 is 5.97 Å². The largest absolute Gasteiger partial charge is 0.480 e. The van der Waals surface area contributed by atoms with Gasteiger partial charge in [-0.1, -0.05) is 6.42 Å². The lowest BCUT2D eigenvalue weighted by Gasteiger charge is -2.27. The Hall–Kier alpha value is -2.33. The Morgan fingerprint density at radius 1 is 1.45 bits per heavy atom. The molecule has 0 heterocycles. The fraction of sp³-hybridized carbons (Fsp3) is 0.583. The van der Waals surface area contributed by atoms with Gasteiger partial charge in [0.25, 0.3) is 11.4 Å². The summed E-state index contributed by atoms with van der Waals surface area (Å²) < 4.78 is 0. The maximum Gasteiger partial charge on any atom is 0.320 e. The van der Waals surface area contributed by atoms with Crippen molar-refractivity contribution in [3.8, 4) is 0 Å². The minimum absolute atomic E-state index is 0.182. The van der Waals surface area contributed by atoms with Crippen molar-refractivity contribution in [2.75, 3.05) is 6.54 Å². The number of rotatable bonds is 9. The van der Waals surface area contributed by atoms with Crippen molar-refractivity contribution in [3.05, 3.63) is 44.2 Å². The molecule has 0 saturated heterocycles. The lowest BCUT2D eigenvalue weighted by Crippen LogP contribution is -2.57. The van der Waals surface area contributed by atoms with E-state index >= 15 is 0 Å². The quantitative estimate of drug-likeness (QED) is 0.236. The standard InChI is InChI=1S/C12H18N4O6/c13-8-2-1-3-10(11(17)18)14-12(16(21)22)6-4-9(5-7-12)15(19)20/h4-6,10,14H,1-3,7-8,13H2,(H,17,18). The minimum atomic E-state index is -1.86. The van der Waals surface area contributed by atoms with Crippen molar-refractivity contribution in [1.82, 2.24) is 5.32 Å². The summed E-state index contributed by atoms with van der Waals surface area (Å²) in [5.74, 6) is -1.21. The van der Waals surface area contributed by atoms with E-state index in [9.17, 15) is 30.1 Å². The highest BCUT2D eigenvalue weighted by molar-refractivity contribution is 5.73. The van der Waals surface area contributed by atoms with Gasteiger partial charge in [0.1, 0.15) is 6.04 Å². The van der Waals surface area contributed by atoms with Crippen LogP contribution in [0.15, 0.2) is 23.9 Å². The van der Waals surface area contributed by atoms with Gasteiger partial charge in [-0.2, -0.15) is 0 Å². The van der Waals surface area contributed by atoms with Crippen LogP contribution >= 0.6 is 0 Å². The molecule has 22 heavy (non-hydrogen) atoms. The van der Waals surface area contributed by atoms with Gasteiger partial charge in [-0.3, -0.25) is 25.0 Å². The molecule has 0 aromatic carbocycles. The van der Waals surface area contributed by atoms with Gasteiger partial charge in [0.15, 0.2) is 0 Å². The topological polar surface area (TPSA) is 162 Å². The molecule has 0 saturated carbocycles. The van der Waals surface area contributed by atoms with Crippen LogP contribution in [0, 0.1) is 20.2 Å². The summed E-state index contributed by atoms with van der Waals surface area (Å²) in [6.07, 6.45) is 4.15. The molecule has 2 atom stereocenters. The van der Waals surface area contributed by atoms with Crippen LogP contribution < -0.4 is 11.1 Å². The maximum atomic E-state index is 11.3. The predicted molar refractivity (Wildman–Crippen MR) is 76.0 cm³/mol. The van der Waals surface area contributed by atoms with E-state index in [1.165, 1.54) is 0 Å². The Labute approximate surface area is 126 Å². The van der Waals surface area contributed by atoms with E-state index in [1.54, 1.807) is 0 Å². The number of aliphatic carboxylic acids is 1.